The lowest BCUT2D eigenvalue weighted by molar-refractivity contribution is 0.978. The Morgan fingerprint density at radius 2 is 1.84 bits per heavy atom. The van der Waals surface area contributed by atoms with Gasteiger partial charge in [-0.2, -0.15) is 4.98 Å². The molecule has 0 saturated heterocycles. The minimum absolute atomic E-state index is 0.150. The van der Waals surface area contributed by atoms with E-state index >= 15 is 0 Å². The molecule has 96 valence electrons. The number of anilines is 2. The van der Waals surface area contributed by atoms with Crippen LogP contribution in [-0.4, -0.2) is 14.6 Å². The Bertz CT molecular complexity index is 781. The van der Waals surface area contributed by atoms with Crippen molar-refractivity contribution >= 4 is 40.5 Å². The minimum Gasteiger partial charge on any atom is -0.396 e. The molecule has 2 aromatic heterocycles. The zero-order valence-corrected chi connectivity index (χ0v) is 11.2. The van der Waals surface area contributed by atoms with Crippen molar-refractivity contribution in [3.05, 3.63) is 40.4 Å². The fourth-order valence-corrected chi connectivity index (χ4v) is 2.30. The number of pyridine rings is 1. The maximum Gasteiger partial charge on any atom is 0.240 e. The monoisotopic (exact) mass is 293 g/mol. The van der Waals surface area contributed by atoms with Gasteiger partial charge in [0, 0.05) is 5.56 Å². The Kier molecular flexibility index (Phi) is 2.73. The number of halogens is 2. The Morgan fingerprint density at radius 1 is 1.05 bits per heavy atom. The normalized spacial score (nSPS) is 11.1. The van der Waals surface area contributed by atoms with Gasteiger partial charge in [0.1, 0.15) is 0 Å². The molecule has 2 heterocycles. The third kappa shape index (κ3) is 1.87. The second-order valence-electron chi connectivity index (χ2n) is 3.98. The Balaban J connectivity index is 2.37. The van der Waals surface area contributed by atoms with Crippen molar-refractivity contribution in [3.63, 3.8) is 0 Å². The van der Waals surface area contributed by atoms with Crippen LogP contribution in [0.4, 0.5) is 11.6 Å². The summed E-state index contributed by atoms with van der Waals surface area (Å²) in [6.45, 7) is 0. The Labute approximate surface area is 118 Å². The summed E-state index contributed by atoms with van der Waals surface area (Å²) in [5, 5.41) is 5.04. The predicted octanol–water partition coefficient (Wildman–Crippen LogP) is 2.87. The van der Waals surface area contributed by atoms with Crippen LogP contribution in [0.2, 0.25) is 10.0 Å². The average Bonchev–Trinajstić information content (AvgIpc) is 2.76. The first kappa shape index (κ1) is 12.1. The van der Waals surface area contributed by atoms with E-state index in [4.69, 9.17) is 34.7 Å². The summed E-state index contributed by atoms with van der Waals surface area (Å²) in [6.07, 6.45) is 0. The molecule has 0 spiro atoms. The van der Waals surface area contributed by atoms with E-state index in [1.807, 2.05) is 12.1 Å². The first-order chi connectivity index (χ1) is 9.08. The number of nitrogens with zero attached hydrogens (tertiary/aromatic N) is 3. The van der Waals surface area contributed by atoms with Crippen LogP contribution >= 0.6 is 23.2 Å². The van der Waals surface area contributed by atoms with Crippen LogP contribution in [0.1, 0.15) is 0 Å². The van der Waals surface area contributed by atoms with Crippen molar-refractivity contribution in [3.8, 4) is 11.3 Å². The van der Waals surface area contributed by atoms with Crippen LogP contribution < -0.4 is 11.5 Å². The number of hydrogen-bond acceptors (Lipinski definition) is 4. The topological polar surface area (TPSA) is 82.2 Å². The summed E-state index contributed by atoms with van der Waals surface area (Å²) in [5.74, 6) is 0.150. The molecule has 0 bridgehead atoms. The smallest absolute Gasteiger partial charge is 0.240 e. The number of hydrogen-bond donors (Lipinski definition) is 2. The molecular weight excluding hydrogens is 285 g/mol. The predicted molar refractivity (Wildman–Crippen MR) is 77.3 cm³/mol. The first-order valence-corrected chi connectivity index (χ1v) is 6.18. The van der Waals surface area contributed by atoms with Gasteiger partial charge in [-0.3, -0.25) is 0 Å². The van der Waals surface area contributed by atoms with Crippen LogP contribution in [0, 0.1) is 0 Å². The van der Waals surface area contributed by atoms with Gasteiger partial charge in [-0.05, 0) is 18.2 Å². The summed E-state index contributed by atoms with van der Waals surface area (Å²) in [7, 11) is 0. The van der Waals surface area contributed by atoms with E-state index in [1.165, 1.54) is 0 Å². The van der Waals surface area contributed by atoms with Crippen molar-refractivity contribution in [1.29, 1.82) is 0 Å². The molecule has 3 rings (SSSR count). The molecule has 5 nitrogen and oxygen atoms in total. The molecule has 0 aliphatic rings. The van der Waals surface area contributed by atoms with Crippen molar-refractivity contribution in [2.45, 2.75) is 0 Å². The summed E-state index contributed by atoms with van der Waals surface area (Å²) >= 11 is 12.2. The highest BCUT2D eigenvalue weighted by atomic mass is 35.5. The zero-order valence-electron chi connectivity index (χ0n) is 9.64. The molecule has 4 N–H and O–H groups in total. The molecule has 0 aliphatic heterocycles. The van der Waals surface area contributed by atoms with Crippen molar-refractivity contribution < 1.29 is 0 Å². The number of nitrogens with two attached hydrogens (primary N) is 2. The zero-order chi connectivity index (χ0) is 13.6. The van der Waals surface area contributed by atoms with Crippen LogP contribution in [0.3, 0.4) is 0 Å². The molecule has 0 saturated carbocycles. The Hall–Kier alpha value is -1.98. The maximum absolute atomic E-state index is 6.22. The van der Waals surface area contributed by atoms with Gasteiger partial charge >= 0.3 is 0 Å². The molecule has 0 fully saturated rings. The lowest BCUT2D eigenvalue weighted by atomic mass is 10.1. The summed E-state index contributed by atoms with van der Waals surface area (Å²) < 4.78 is 1.56. The van der Waals surface area contributed by atoms with E-state index in [-0.39, 0.29) is 5.95 Å². The number of aromatic nitrogens is 3. The molecule has 0 unspecified atom stereocenters. The summed E-state index contributed by atoms with van der Waals surface area (Å²) in [4.78, 5) is 4.08. The van der Waals surface area contributed by atoms with Gasteiger partial charge in [0.05, 0.1) is 21.4 Å². The first-order valence-electron chi connectivity index (χ1n) is 5.43. The van der Waals surface area contributed by atoms with E-state index in [0.717, 1.165) is 11.3 Å². The average molecular weight is 294 g/mol. The summed E-state index contributed by atoms with van der Waals surface area (Å²) in [6, 6.07) is 8.91. The standard InChI is InChI=1S/C12H9Cl2N5/c13-7-3-1-2-6(10(7)14)9-5-4-8(15)11-17-12(16)18-19(9)11/h1-5H,15H2,(H2,16,18). The van der Waals surface area contributed by atoms with E-state index in [9.17, 15) is 0 Å². The number of rotatable bonds is 1. The molecular formula is C12H9Cl2N5. The number of benzene rings is 1. The van der Waals surface area contributed by atoms with Gasteiger partial charge in [-0.1, -0.05) is 35.3 Å². The molecule has 1 aromatic carbocycles. The van der Waals surface area contributed by atoms with Gasteiger partial charge in [-0.25, -0.2) is 4.52 Å². The quantitative estimate of drug-likeness (QED) is 0.723. The van der Waals surface area contributed by atoms with Gasteiger partial charge in [0.2, 0.25) is 5.95 Å². The third-order valence-electron chi connectivity index (χ3n) is 2.76. The molecule has 0 aliphatic carbocycles. The van der Waals surface area contributed by atoms with Crippen molar-refractivity contribution in [2.75, 3.05) is 11.5 Å². The number of nitrogen functional groups attached to an aromatic ring is 2. The fourth-order valence-electron chi connectivity index (χ4n) is 1.90. The third-order valence-corrected chi connectivity index (χ3v) is 3.58. The van der Waals surface area contributed by atoms with Gasteiger partial charge in [0.15, 0.2) is 5.65 Å². The highest BCUT2D eigenvalue weighted by Crippen LogP contribution is 2.34. The largest absolute Gasteiger partial charge is 0.396 e. The highest BCUT2D eigenvalue weighted by Gasteiger charge is 2.13. The van der Waals surface area contributed by atoms with Crippen molar-refractivity contribution in [1.82, 2.24) is 14.6 Å². The lowest BCUT2D eigenvalue weighted by Crippen LogP contribution is -1.98. The van der Waals surface area contributed by atoms with Crippen molar-refractivity contribution in [2.24, 2.45) is 0 Å². The minimum atomic E-state index is 0.150. The van der Waals surface area contributed by atoms with Crippen LogP contribution in [-0.2, 0) is 0 Å². The van der Waals surface area contributed by atoms with Gasteiger partial charge in [-0.15, -0.1) is 5.10 Å². The van der Waals surface area contributed by atoms with Crippen LogP contribution in [0.25, 0.3) is 16.9 Å². The molecule has 0 atom stereocenters. The van der Waals surface area contributed by atoms with Crippen LogP contribution in [0.15, 0.2) is 30.3 Å². The maximum atomic E-state index is 6.22. The Morgan fingerprint density at radius 3 is 2.63 bits per heavy atom. The summed E-state index contributed by atoms with van der Waals surface area (Å²) in [5.41, 5.74) is 13.9. The molecule has 0 amide bonds. The van der Waals surface area contributed by atoms with Gasteiger partial charge in [0.25, 0.3) is 0 Å². The lowest BCUT2D eigenvalue weighted by Gasteiger charge is -2.08. The molecule has 7 heteroatoms. The van der Waals surface area contributed by atoms with Gasteiger partial charge < -0.3 is 11.5 Å². The van der Waals surface area contributed by atoms with Crippen LogP contribution in [0.5, 0.6) is 0 Å². The second kappa shape index (κ2) is 4.29. The molecule has 19 heavy (non-hydrogen) atoms. The van der Waals surface area contributed by atoms with E-state index in [0.29, 0.717) is 21.4 Å². The number of fused-ring (bicyclic) bond motifs is 1. The van der Waals surface area contributed by atoms with E-state index < -0.39 is 0 Å². The van der Waals surface area contributed by atoms with E-state index in [2.05, 4.69) is 10.1 Å². The fraction of sp³-hybridized carbons (Fsp3) is 0. The highest BCUT2D eigenvalue weighted by molar-refractivity contribution is 6.43. The SMILES string of the molecule is Nc1nc2c(N)ccc(-c3cccc(Cl)c3Cl)n2n1. The molecule has 3 aromatic rings. The molecule has 0 radical (unpaired) electrons. The second-order valence-corrected chi connectivity index (χ2v) is 4.77. The van der Waals surface area contributed by atoms with E-state index in [1.54, 1.807) is 22.7 Å².